The van der Waals surface area contributed by atoms with Crippen LogP contribution >= 0.6 is 0 Å². The minimum absolute atomic E-state index is 0.000607. The molecule has 106 valence electrons. The fraction of sp³-hybridized carbons (Fsp3) is 0.167. The number of nitrogens with one attached hydrogen (secondary N) is 1. The van der Waals surface area contributed by atoms with Crippen molar-refractivity contribution < 1.29 is 23.4 Å². The summed E-state index contributed by atoms with van der Waals surface area (Å²) in [6.07, 6.45) is 0.970. The fourth-order valence-electron chi connectivity index (χ4n) is 1.72. The Morgan fingerprint density at radius 1 is 1.35 bits per heavy atom. The third-order valence-electron chi connectivity index (χ3n) is 2.67. The predicted molar refractivity (Wildman–Crippen MR) is 69.6 cm³/mol. The van der Waals surface area contributed by atoms with E-state index in [0.29, 0.717) is 5.56 Å². The maximum Gasteiger partial charge on any atom is 0.356 e. The number of hydrogen-bond donors (Lipinski definition) is 3. The first kappa shape index (κ1) is 14.1. The molecule has 0 unspecified atom stereocenters. The number of phenols is 1. The van der Waals surface area contributed by atoms with Crippen molar-refractivity contribution in [2.45, 2.75) is 11.6 Å². The van der Waals surface area contributed by atoms with Gasteiger partial charge in [-0.2, -0.15) is 0 Å². The third kappa shape index (κ3) is 2.80. The van der Waals surface area contributed by atoms with E-state index in [4.69, 9.17) is 5.11 Å². The van der Waals surface area contributed by atoms with Crippen LogP contribution in [0.3, 0.4) is 0 Å². The lowest BCUT2D eigenvalue weighted by atomic mass is 10.1. The highest BCUT2D eigenvalue weighted by Gasteiger charge is 2.22. The molecule has 0 saturated carbocycles. The maximum absolute atomic E-state index is 11.4. The lowest BCUT2D eigenvalue weighted by Gasteiger charge is -2.03. The van der Waals surface area contributed by atoms with E-state index in [-0.39, 0.29) is 23.6 Å². The van der Waals surface area contributed by atoms with Crippen LogP contribution in [-0.4, -0.2) is 40.8 Å². The van der Waals surface area contributed by atoms with E-state index in [1.54, 1.807) is 18.2 Å². The standard InChI is InChI=1S/C12H12N2O5S/c1-20(18,19)12-13-8(10(14-12)11(16)17)6-7-4-2-3-5-9(7)15/h2-5,15H,6H2,1H3,(H,13,14)(H,16,17). The zero-order valence-electron chi connectivity index (χ0n) is 10.5. The van der Waals surface area contributed by atoms with Crippen molar-refractivity contribution in [2.75, 3.05) is 6.26 Å². The van der Waals surface area contributed by atoms with Gasteiger partial charge in [-0.15, -0.1) is 0 Å². The molecule has 0 radical (unpaired) electrons. The van der Waals surface area contributed by atoms with Crippen LogP contribution < -0.4 is 0 Å². The zero-order chi connectivity index (χ0) is 14.9. The minimum atomic E-state index is -3.63. The smallest absolute Gasteiger partial charge is 0.356 e. The van der Waals surface area contributed by atoms with Gasteiger partial charge in [0.25, 0.3) is 0 Å². The molecule has 8 heteroatoms. The second-order valence-electron chi connectivity index (χ2n) is 4.25. The van der Waals surface area contributed by atoms with Crippen LogP contribution in [0, 0.1) is 0 Å². The fourth-order valence-corrected chi connectivity index (χ4v) is 2.28. The van der Waals surface area contributed by atoms with Crippen LogP contribution in [0.1, 0.15) is 21.7 Å². The van der Waals surface area contributed by atoms with Gasteiger partial charge in [-0.25, -0.2) is 18.2 Å². The van der Waals surface area contributed by atoms with Crippen LogP contribution in [0.5, 0.6) is 5.75 Å². The molecule has 2 aromatic rings. The number of H-pyrrole nitrogens is 1. The average molecular weight is 296 g/mol. The average Bonchev–Trinajstić information content (AvgIpc) is 2.76. The number of sulfone groups is 1. The molecule has 0 spiro atoms. The molecule has 0 atom stereocenters. The lowest BCUT2D eigenvalue weighted by Crippen LogP contribution is -2.03. The summed E-state index contributed by atoms with van der Waals surface area (Å²) in [5.41, 5.74) is 0.229. The van der Waals surface area contributed by atoms with Gasteiger partial charge in [0.05, 0.1) is 5.69 Å². The minimum Gasteiger partial charge on any atom is -0.508 e. The number of carboxylic acids is 1. The van der Waals surface area contributed by atoms with Crippen molar-refractivity contribution in [3.63, 3.8) is 0 Å². The zero-order valence-corrected chi connectivity index (χ0v) is 11.3. The van der Waals surface area contributed by atoms with Gasteiger partial charge in [0, 0.05) is 12.7 Å². The molecule has 0 aliphatic heterocycles. The van der Waals surface area contributed by atoms with E-state index in [1.165, 1.54) is 6.07 Å². The van der Waals surface area contributed by atoms with Gasteiger partial charge in [-0.3, -0.25) is 0 Å². The van der Waals surface area contributed by atoms with E-state index >= 15 is 0 Å². The number of carboxylic acid groups (broad SMARTS) is 1. The van der Waals surface area contributed by atoms with E-state index in [0.717, 1.165) is 6.26 Å². The number of aromatic nitrogens is 2. The SMILES string of the molecule is CS(=O)(=O)c1nc(C(=O)O)c(Cc2ccccc2O)[nH]1. The number of aromatic hydroxyl groups is 1. The van der Waals surface area contributed by atoms with Gasteiger partial charge >= 0.3 is 5.97 Å². The molecule has 7 nitrogen and oxygen atoms in total. The summed E-state index contributed by atoms with van der Waals surface area (Å²) in [5.74, 6) is -1.33. The number of carbonyl (C=O) groups is 1. The van der Waals surface area contributed by atoms with Crippen LogP contribution in [-0.2, 0) is 16.3 Å². The van der Waals surface area contributed by atoms with Crippen molar-refractivity contribution in [3.8, 4) is 5.75 Å². The molecule has 0 aliphatic rings. The maximum atomic E-state index is 11.4. The van der Waals surface area contributed by atoms with E-state index in [9.17, 15) is 18.3 Å². The summed E-state index contributed by atoms with van der Waals surface area (Å²) in [6.45, 7) is 0. The van der Waals surface area contributed by atoms with Gasteiger partial charge < -0.3 is 15.2 Å². The van der Waals surface area contributed by atoms with Crippen molar-refractivity contribution in [1.82, 2.24) is 9.97 Å². The van der Waals surface area contributed by atoms with Crippen molar-refractivity contribution >= 4 is 15.8 Å². The van der Waals surface area contributed by atoms with Gasteiger partial charge in [0.1, 0.15) is 5.75 Å². The highest BCUT2D eigenvalue weighted by molar-refractivity contribution is 7.90. The largest absolute Gasteiger partial charge is 0.508 e. The number of para-hydroxylation sites is 1. The number of hydrogen-bond acceptors (Lipinski definition) is 5. The monoisotopic (exact) mass is 296 g/mol. The summed E-state index contributed by atoms with van der Waals surface area (Å²) < 4.78 is 22.8. The molecule has 2 rings (SSSR count). The summed E-state index contributed by atoms with van der Waals surface area (Å²) in [7, 11) is -3.63. The normalized spacial score (nSPS) is 11.4. The molecule has 20 heavy (non-hydrogen) atoms. The van der Waals surface area contributed by atoms with Gasteiger partial charge in [-0.1, -0.05) is 18.2 Å². The highest BCUT2D eigenvalue weighted by atomic mass is 32.2. The Labute approximate surface area is 114 Å². The number of rotatable bonds is 4. The Hall–Kier alpha value is -2.35. The molecule has 0 saturated heterocycles. The summed E-state index contributed by atoms with van der Waals surface area (Å²) >= 11 is 0. The van der Waals surface area contributed by atoms with Crippen LogP contribution in [0.4, 0.5) is 0 Å². The Bertz CT molecular complexity index is 764. The van der Waals surface area contributed by atoms with Crippen LogP contribution in [0.15, 0.2) is 29.4 Å². The first-order valence-corrected chi connectivity index (χ1v) is 7.47. The number of benzene rings is 1. The second-order valence-corrected chi connectivity index (χ2v) is 6.18. The third-order valence-corrected chi connectivity index (χ3v) is 3.57. The molecular formula is C12H12N2O5S. The molecule has 1 heterocycles. The molecule has 1 aromatic heterocycles. The van der Waals surface area contributed by atoms with Crippen LogP contribution in [0.2, 0.25) is 0 Å². The number of imidazole rings is 1. The molecular weight excluding hydrogens is 284 g/mol. The quantitative estimate of drug-likeness (QED) is 0.767. The summed E-state index contributed by atoms with van der Waals surface area (Å²) in [5, 5.41) is 18.3. The van der Waals surface area contributed by atoms with Gasteiger partial charge in [0.15, 0.2) is 5.69 Å². The van der Waals surface area contributed by atoms with E-state index in [2.05, 4.69) is 9.97 Å². The Balaban J connectivity index is 2.49. The molecule has 3 N–H and O–H groups in total. The van der Waals surface area contributed by atoms with Crippen molar-refractivity contribution in [2.24, 2.45) is 0 Å². The lowest BCUT2D eigenvalue weighted by molar-refractivity contribution is 0.0689. The second kappa shape index (κ2) is 4.97. The first-order chi connectivity index (χ1) is 9.29. The van der Waals surface area contributed by atoms with Crippen LogP contribution in [0.25, 0.3) is 0 Å². The van der Waals surface area contributed by atoms with E-state index < -0.39 is 21.0 Å². The number of aromatic amines is 1. The Morgan fingerprint density at radius 2 is 2.00 bits per heavy atom. The topological polar surface area (TPSA) is 120 Å². The summed E-state index contributed by atoms with van der Waals surface area (Å²) in [4.78, 5) is 17.2. The molecule has 0 bridgehead atoms. The van der Waals surface area contributed by atoms with Crippen molar-refractivity contribution in [3.05, 3.63) is 41.2 Å². The van der Waals surface area contributed by atoms with E-state index in [1.807, 2.05) is 0 Å². The van der Waals surface area contributed by atoms with Crippen molar-refractivity contribution in [1.29, 1.82) is 0 Å². The molecule has 0 amide bonds. The number of phenolic OH excluding ortho intramolecular Hbond substituents is 1. The molecule has 0 fully saturated rings. The van der Waals surface area contributed by atoms with Gasteiger partial charge in [-0.05, 0) is 11.6 Å². The number of nitrogens with zero attached hydrogens (tertiary/aromatic N) is 1. The highest BCUT2D eigenvalue weighted by Crippen LogP contribution is 2.21. The predicted octanol–water partition coefficient (Wildman–Crippen LogP) is 0.808. The summed E-state index contributed by atoms with van der Waals surface area (Å²) in [6, 6.07) is 6.39. The van der Waals surface area contributed by atoms with Gasteiger partial charge in [0.2, 0.25) is 15.0 Å². The Kier molecular flexibility index (Phi) is 3.49. The first-order valence-electron chi connectivity index (χ1n) is 5.58. The molecule has 1 aromatic carbocycles. The Morgan fingerprint density at radius 3 is 2.55 bits per heavy atom. The number of aromatic carboxylic acids is 1. The molecule has 0 aliphatic carbocycles.